The van der Waals surface area contributed by atoms with E-state index in [0.717, 1.165) is 13.2 Å². The number of halogens is 3. The van der Waals surface area contributed by atoms with Crippen molar-refractivity contribution >= 4 is 5.97 Å². The first-order chi connectivity index (χ1) is 7.74. The monoisotopic (exact) mass is 251 g/mol. The topological polar surface area (TPSA) is 68.7 Å². The van der Waals surface area contributed by atoms with Crippen LogP contribution >= 0.6 is 0 Å². The lowest BCUT2D eigenvalue weighted by Gasteiger charge is -2.11. The molecule has 0 aliphatic rings. The Kier molecular flexibility index (Phi) is 3.45. The number of pyridine rings is 1. The Balaban J connectivity index is 3.20. The van der Waals surface area contributed by atoms with Gasteiger partial charge in [-0.25, -0.2) is 9.78 Å². The van der Waals surface area contributed by atoms with Gasteiger partial charge in [0.05, 0.1) is 7.11 Å². The molecule has 94 valence electrons. The van der Waals surface area contributed by atoms with E-state index in [1.165, 1.54) is 6.92 Å². The molecule has 0 saturated heterocycles. The molecule has 17 heavy (non-hydrogen) atoms. The van der Waals surface area contributed by atoms with Crippen LogP contribution in [0.15, 0.2) is 6.07 Å². The number of esters is 1. The van der Waals surface area contributed by atoms with Gasteiger partial charge in [0.2, 0.25) is 0 Å². The maximum Gasteiger partial charge on any atom is 0.574 e. The highest BCUT2D eigenvalue weighted by molar-refractivity contribution is 5.87. The zero-order valence-corrected chi connectivity index (χ0v) is 8.83. The van der Waals surface area contributed by atoms with Gasteiger partial charge in [0, 0.05) is 0 Å². The lowest BCUT2D eigenvalue weighted by atomic mass is 10.2. The second-order valence-corrected chi connectivity index (χ2v) is 3.02. The van der Waals surface area contributed by atoms with Crippen LogP contribution in [0.25, 0.3) is 0 Å². The zero-order chi connectivity index (χ0) is 13.2. The Labute approximate surface area is 93.8 Å². The normalized spacial score (nSPS) is 11.1. The van der Waals surface area contributed by atoms with E-state index in [0.29, 0.717) is 0 Å². The minimum atomic E-state index is -5.01. The largest absolute Gasteiger partial charge is 0.574 e. The third-order valence-corrected chi connectivity index (χ3v) is 1.76. The summed E-state index contributed by atoms with van der Waals surface area (Å²) in [5.74, 6) is -2.80. The average Bonchev–Trinajstić information content (AvgIpc) is 2.21. The summed E-state index contributed by atoms with van der Waals surface area (Å²) in [4.78, 5) is 14.3. The molecule has 1 rings (SSSR count). The summed E-state index contributed by atoms with van der Waals surface area (Å²) in [7, 11) is 1.05. The Morgan fingerprint density at radius 1 is 1.47 bits per heavy atom. The Hall–Kier alpha value is -1.99. The number of hydrogen-bond acceptors (Lipinski definition) is 5. The van der Waals surface area contributed by atoms with Crippen molar-refractivity contribution in [2.45, 2.75) is 13.3 Å². The molecule has 0 fully saturated rings. The van der Waals surface area contributed by atoms with Crippen LogP contribution in [-0.2, 0) is 4.74 Å². The van der Waals surface area contributed by atoms with Crippen molar-refractivity contribution in [1.82, 2.24) is 4.98 Å². The number of rotatable bonds is 2. The van der Waals surface area contributed by atoms with E-state index in [4.69, 9.17) is 0 Å². The smallest absolute Gasteiger partial charge is 0.503 e. The SMILES string of the molecule is COC(=O)c1cc(C)c(O)c(OC(F)(F)F)n1. The molecule has 0 amide bonds. The summed E-state index contributed by atoms with van der Waals surface area (Å²) >= 11 is 0. The number of carbonyl (C=O) groups excluding carboxylic acids is 1. The molecular formula is C9H8F3NO4. The summed E-state index contributed by atoms with van der Waals surface area (Å²) in [6, 6.07) is 1.09. The molecule has 0 atom stereocenters. The molecule has 0 aliphatic heterocycles. The van der Waals surface area contributed by atoms with E-state index < -0.39 is 24.0 Å². The number of methoxy groups -OCH3 is 1. The summed E-state index contributed by atoms with van der Waals surface area (Å²) in [6.07, 6.45) is -5.01. The van der Waals surface area contributed by atoms with Crippen LogP contribution in [0.5, 0.6) is 11.6 Å². The van der Waals surface area contributed by atoms with Gasteiger partial charge in [-0.05, 0) is 18.6 Å². The maximum absolute atomic E-state index is 12.0. The fourth-order valence-corrected chi connectivity index (χ4v) is 1.03. The summed E-state index contributed by atoms with van der Waals surface area (Å²) in [5, 5.41) is 9.30. The predicted octanol–water partition coefficient (Wildman–Crippen LogP) is 1.78. The molecule has 0 spiro atoms. The van der Waals surface area contributed by atoms with Crippen LogP contribution < -0.4 is 4.74 Å². The van der Waals surface area contributed by atoms with Gasteiger partial charge in [0.25, 0.3) is 5.88 Å². The molecule has 0 aliphatic carbocycles. The van der Waals surface area contributed by atoms with Gasteiger partial charge in [-0.2, -0.15) is 0 Å². The number of nitrogens with zero attached hydrogens (tertiary/aromatic N) is 1. The molecule has 8 heteroatoms. The van der Waals surface area contributed by atoms with Crippen molar-refractivity contribution in [3.8, 4) is 11.6 Å². The number of aromatic hydroxyl groups is 1. The Morgan fingerprint density at radius 2 is 2.06 bits per heavy atom. The Bertz CT molecular complexity index is 445. The van der Waals surface area contributed by atoms with E-state index in [2.05, 4.69) is 14.5 Å². The molecule has 1 heterocycles. The quantitative estimate of drug-likeness (QED) is 0.811. The van der Waals surface area contributed by atoms with Crippen LogP contribution in [0.4, 0.5) is 13.2 Å². The summed E-state index contributed by atoms with van der Waals surface area (Å²) in [5.41, 5.74) is -0.373. The van der Waals surface area contributed by atoms with Gasteiger partial charge in [0.15, 0.2) is 11.4 Å². The van der Waals surface area contributed by atoms with Crippen LogP contribution in [-0.4, -0.2) is 29.5 Å². The van der Waals surface area contributed by atoms with E-state index in [-0.39, 0.29) is 11.3 Å². The molecule has 1 aromatic rings. The van der Waals surface area contributed by atoms with Crippen LogP contribution in [0.3, 0.4) is 0 Å². The molecule has 1 aromatic heterocycles. The second-order valence-electron chi connectivity index (χ2n) is 3.02. The lowest BCUT2D eigenvalue weighted by molar-refractivity contribution is -0.276. The number of aryl methyl sites for hydroxylation is 1. The second kappa shape index (κ2) is 4.48. The Morgan fingerprint density at radius 3 is 2.53 bits per heavy atom. The fraction of sp³-hybridized carbons (Fsp3) is 0.333. The van der Waals surface area contributed by atoms with Gasteiger partial charge in [-0.3, -0.25) is 0 Å². The first-order valence-electron chi connectivity index (χ1n) is 4.29. The number of alkyl halides is 3. The fourth-order valence-electron chi connectivity index (χ4n) is 1.03. The predicted molar refractivity (Wildman–Crippen MR) is 48.7 cm³/mol. The summed E-state index contributed by atoms with van der Waals surface area (Å²) < 4.78 is 43.7. The molecule has 5 nitrogen and oxygen atoms in total. The third-order valence-electron chi connectivity index (χ3n) is 1.76. The number of hydrogen-bond donors (Lipinski definition) is 1. The van der Waals surface area contributed by atoms with Gasteiger partial charge in [-0.1, -0.05) is 0 Å². The first kappa shape index (κ1) is 13.1. The minimum Gasteiger partial charge on any atom is -0.503 e. The van der Waals surface area contributed by atoms with Gasteiger partial charge < -0.3 is 14.6 Å². The molecule has 0 aromatic carbocycles. The van der Waals surface area contributed by atoms with Crippen molar-refractivity contribution in [3.05, 3.63) is 17.3 Å². The first-order valence-corrected chi connectivity index (χ1v) is 4.29. The van der Waals surface area contributed by atoms with E-state index in [1.54, 1.807) is 0 Å². The van der Waals surface area contributed by atoms with E-state index in [1.807, 2.05) is 0 Å². The minimum absolute atomic E-state index is 0.0136. The van der Waals surface area contributed by atoms with Crippen LogP contribution in [0, 0.1) is 6.92 Å². The van der Waals surface area contributed by atoms with E-state index >= 15 is 0 Å². The lowest BCUT2D eigenvalue weighted by Crippen LogP contribution is -2.19. The van der Waals surface area contributed by atoms with Crippen molar-refractivity contribution in [3.63, 3.8) is 0 Å². The number of aromatic nitrogens is 1. The molecular weight excluding hydrogens is 243 g/mol. The average molecular weight is 251 g/mol. The molecule has 0 unspecified atom stereocenters. The standard InChI is InChI=1S/C9H8F3NO4/c1-4-3-5(8(15)16-2)13-7(6(4)14)17-9(10,11)12/h3,14H,1-2H3. The third kappa shape index (κ3) is 3.23. The van der Waals surface area contributed by atoms with Crippen molar-refractivity contribution < 1.29 is 32.5 Å². The van der Waals surface area contributed by atoms with Crippen molar-refractivity contribution in [2.24, 2.45) is 0 Å². The number of carbonyl (C=O) groups is 1. The van der Waals surface area contributed by atoms with Gasteiger partial charge >= 0.3 is 12.3 Å². The van der Waals surface area contributed by atoms with Crippen molar-refractivity contribution in [2.75, 3.05) is 7.11 Å². The maximum atomic E-state index is 12.0. The van der Waals surface area contributed by atoms with E-state index in [9.17, 15) is 23.1 Å². The summed E-state index contributed by atoms with van der Waals surface area (Å²) in [6.45, 7) is 1.30. The zero-order valence-electron chi connectivity index (χ0n) is 8.83. The van der Waals surface area contributed by atoms with Crippen molar-refractivity contribution in [1.29, 1.82) is 0 Å². The highest BCUT2D eigenvalue weighted by Crippen LogP contribution is 2.32. The number of ether oxygens (including phenoxy) is 2. The molecule has 0 radical (unpaired) electrons. The molecule has 0 bridgehead atoms. The highest BCUT2D eigenvalue weighted by atomic mass is 19.4. The van der Waals surface area contributed by atoms with Gasteiger partial charge in [-0.15, -0.1) is 13.2 Å². The van der Waals surface area contributed by atoms with Crippen LogP contribution in [0.1, 0.15) is 16.1 Å². The molecule has 1 N–H and O–H groups in total. The van der Waals surface area contributed by atoms with Gasteiger partial charge in [0.1, 0.15) is 0 Å². The molecule has 0 saturated carbocycles. The highest BCUT2D eigenvalue weighted by Gasteiger charge is 2.34. The van der Waals surface area contributed by atoms with Crippen LogP contribution in [0.2, 0.25) is 0 Å².